The first kappa shape index (κ1) is 17.6. The number of fused-ring (bicyclic) bond motifs is 1. The SMILES string of the molecule is O=c1cc(N2CC[C@@H](Nc3nc(-c4ccccn4)nc4sccc34)C2)[nH]c(=O)[nH]1. The van der Waals surface area contributed by atoms with Gasteiger partial charge in [-0.15, -0.1) is 11.3 Å². The Balaban J connectivity index is 1.43. The van der Waals surface area contributed by atoms with Crippen LogP contribution in [-0.4, -0.2) is 44.1 Å². The second kappa shape index (κ2) is 7.13. The van der Waals surface area contributed by atoms with E-state index in [4.69, 9.17) is 4.98 Å². The van der Waals surface area contributed by atoms with Crippen molar-refractivity contribution in [2.24, 2.45) is 0 Å². The summed E-state index contributed by atoms with van der Waals surface area (Å²) in [4.78, 5) is 44.6. The lowest BCUT2D eigenvalue weighted by atomic mass is 10.2. The number of aromatic amines is 2. The van der Waals surface area contributed by atoms with Crippen LogP contribution in [0.15, 0.2) is 51.5 Å². The molecule has 0 radical (unpaired) electrons. The second-order valence-electron chi connectivity index (χ2n) is 6.80. The Morgan fingerprint density at radius 1 is 1.17 bits per heavy atom. The number of pyridine rings is 1. The van der Waals surface area contributed by atoms with Gasteiger partial charge in [0.25, 0.3) is 5.56 Å². The highest BCUT2D eigenvalue weighted by Gasteiger charge is 2.25. The van der Waals surface area contributed by atoms with Crippen molar-refractivity contribution in [1.82, 2.24) is 24.9 Å². The highest BCUT2D eigenvalue weighted by atomic mass is 32.1. The monoisotopic (exact) mass is 407 g/mol. The molecule has 1 aliphatic heterocycles. The summed E-state index contributed by atoms with van der Waals surface area (Å²) in [7, 11) is 0. The summed E-state index contributed by atoms with van der Waals surface area (Å²) in [5.41, 5.74) is -0.185. The highest BCUT2D eigenvalue weighted by molar-refractivity contribution is 7.16. The Labute approximate surface area is 168 Å². The zero-order chi connectivity index (χ0) is 19.8. The molecule has 1 aliphatic rings. The maximum atomic E-state index is 11.6. The van der Waals surface area contributed by atoms with Crippen LogP contribution in [0.4, 0.5) is 11.6 Å². The van der Waals surface area contributed by atoms with Gasteiger partial charge in [-0.25, -0.2) is 14.8 Å². The summed E-state index contributed by atoms with van der Waals surface area (Å²) in [6, 6.07) is 9.19. The second-order valence-corrected chi connectivity index (χ2v) is 7.69. The first-order chi connectivity index (χ1) is 14.2. The Hall–Kier alpha value is -3.53. The zero-order valence-electron chi connectivity index (χ0n) is 15.3. The lowest BCUT2D eigenvalue weighted by molar-refractivity contribution is 0.800. The quantitative estimate of drug-likeness (QED) is 0.472. The molecule has 0 bridgehead atoms. The molecular weight excluding hydrogens is 390 g/mol. The third kappa shape index (κ3) is 3.49. The molecule has 0 aromatic carbocycles. The number of nitrogens with zero attached hydrogens (tertiary/aromatic N) is 4. The van der Waals surface area contributed by atoms with Gasteiger partial charge in [0, 0.05) is 31.4 Å². The van der Waals surface area contributed by atoms with E-state index < -0.39 is 11.2 Å². The van der Waals surface area contributed by atoms with Crippen LogP contribution in [0.25, 0.3) is 21.7 Å². The maximum Gasteiger partial charge on any atom is 0.327 e. The van der Waals surface area contributed by atoms with Gasteiger partial charge in [-0.1, -0.05) is 6.07 Å². The summed E-state index contributed by atoms with van der Waals surface area (Å²) < 4.78 is 0. The van der Waals surface area contributed by atoms with Crippen molar-refractivity contribution in [3.05, 3.63) is 62.7 Å². The summed E-state index contributed by atoms with van der Waals surface area (Å²) >= 11 is 1.56. The zero-order valence-corrected chi connectivity index (χ0v) is 16.1. The van der Waals surface area contributed by atoms with E-state index in [1.165, 1.54) is 6.07 Å². The number of hydrogen-bond donors (Lipinski definition) is 3. The molecule has 5 rings (SSSR count). The maximum absolute atomic E-state index is 11.6. The minimum absolute atomic E-state index is 0.118. The summed E-state index contributed by atoms with van der Waals surface area (Å²) in [6.07, 6.45) is 2.57. The summed E-state index contributed by atoms with van der Waals surface area (Å²) in [5, 5.41) is 6.48. The molecule has 0 spiro atoms. The molecule has 3 N–H and O–H groups in total. The molecule has 146 valence electrons. The van der Waals surface area contributed by atoms with Crippen LogP contribution in [-0.2, 0) is 0 Å². The number of H-pyrrole nitrogens is 2. The average Bonchev–Trinajstić information content (AvgIpc) is 3.37. The van der Waals surface area contributed by atoms with Crippen LogP contribution in [0.1, 0.15) is 6.42 Å². The molecule has 4 aromatic heterocycles. The minimum atomic E-state index is -0.500. The van der Waals surface area contributed by atoms with Crippen LogP contribution in [0.2, 0.25) is 0 Å². The Morgan fingerprint density at radius 2 is 2.10 bits per heavy atom. The molecule has 0 unspecified atom stereocenters. The lowest BCUT2D eigenvalue weighted by Crippen LogP contribution is -2.31. The third-order valence-electron chi connectivity index (χ3n) is 4.83. The van der Waals surface area contributed by atoms with E-state index in [2.05, 4.69) is 25.3 Å². The molecule has 29 heavy (non-hydrogen) atoms. The smallest absolute Gasteiger partial charge is 0.327 e. The average molecular weight is 407 g/mol. The van der Waals surface area contributed by atoms with Crippen LogP contribution in [0.3, 0.4) is 0 Å². The van der Waals surface area contributed by atoms with Crippen LogP contribution >= 0.6 is 11.3 Å². The van der Waals surface area contributed by atoms with E-state index in [1.54, 1.807) is 17.5 Å². The van der Waals surface area contributed by atoms with Crippen molar-refractivity contribution in [2.75, 3.05) is 23.3 Å². The van der Waals surface area contributed by atoms with E-state index in [-0.39, 0.29) is 6.04 Å². The molecule has 0 saturated carbocycles. The summed E-state index contributed by atoms with van der Waals surface area (Å²) in [5.74, 6) is 1.88. The molecule has 1 fully saturated rings. The minimum Gasteiger partial charge on any atom is -0.365 e. The van der Waals surface area contributed by atoms with Gasteiger partial charge in [0.05, 0.1) is 5.39 Å². The van der Waals surface area contributed by atoms with Crippen molar-refractivity contribution in [3.63, 3.8) is 0 Å². The van der Waals surface area contributed by atoms with Crippen molar-refractivity contribution in [2.45, 2.75) is 12.5 Å². The third-order valence-corrected chi connectivity index (χ3v) is 5.64. The Morgan fingerprint density at radius 3 is 2.93 bits per heavy atom. The van der Waals surface area contributed by atoms with Gasteiger partial charge in [0.1, 0.15) is 22.2 Å². The van der Waals surface area contributed by atoms with E-state index in [0.29, 0.717) is 18.2 Å². The largest absolute Gasteiger partial charge is 0.365 e. The highest BCUT2D eigenvalue weighted by Crippen LogP contribution is 2.29. The topological polar surface area (TPSA) is 120 Å². The number of nitrogens with one attached hydrogen (secondary N) is 3. The van der Waals surface area contributed by atoms with Gasteiger partial charge >= 0.3 is 5.69 Å². The number of rotatable bonds is 4. The first-order valence-corrected chi connectivity index (χ1v) is 10.1. The van der Waals surface area contributed by atoms with Gasteiger partial charge in [-0.05, 0) is 30.0 Å². The molecule has 4 aromatic rings. The predicted octanol–water partition coefficient (Wildman–Crippen LogP) is 1.82. The predicted molar refractivity (Wildman–Crippen MR) is 113 cm³/mol. The van der Waals surface area contributed by atoms with Gasteiger partial charge in [-0.2, -0.15) is 0 Å². The van der Waals surface area contributed by atoms with Crippen molar-refractivity contribution < 1.29 is 0 Å². The van der Waals surface area contributed by atoms with E-state index in [1.807, 2.05) is 34.5 Å². The molecule has 1 saturated heterocycles. The molecule has 10 heteroatoms. The van der Waals surface area contributed by atoms with Gasteiger partial charge in [0.15, 0.2) is 5.82 Å². The molecule has 9 nitrogen and oxygen atoms in total. The standard InChI is InChI=1S/C19H17N7O2S/c27-15-9-14(22-19(28)23-15)26-7-4-11(10-26)21-16-12-5-8-29-18(12)25-17(24-16)13-3-1-2-6-20-13/h1-3,5-6,8-9,11H,4,7,10H2,(H,21,24,25)(H2,22,23,27,28)/t11-/m1/s1. The Bertz CT molecular complexity index is 1250. The van der Waals surface area contributed by atoms with Gasteiger partial charge in [-0.3, -0.25) is 19.7 Å². The first-order valence-electron chi connectivity index (χ1n) is 9.17. The molecular formula is C19H17N7O2S. The number of aromatic nitrogens is 5. The fourth-order valence-corrected chi connectivity index (χ4v) is 4.26. The number of anilines is 2. The molecule has 5 heterocycles. The van der Waals surface area contributed by atoms with E-state index in [0.717, 1.165) is 34.7 Å². The normalized spacial score (nSPS) is 16.4. The number of hydrogen-bond acceptors (Lipinski definition) is 8. The summed E-state index contributed by atoms with van der Waals surface area (Å²) in [6.45, 7) is 1.37. The Kier molecular flexibility index (Phi) is 4.32. The molecule has 0 amide bonds. The van der Waals surface area contributed by atoms with Crippen LogP contribution in [0, 0.1) is 0 Å². The molecule has 0 aliphatic carbocycles. The van der Waals surface area contributed by atoms with Crippen LogP contribution in [0.5, 0.6) is 0 Å². The fraction of sp³-hybridized carbons (Fsp3) is 0.211. The molecule has 1 atom stereocenters. The van der Waals surface area contributed by atoms with E-state index in [9.17, 15) is 9.59 Å². The van der Waals surface area contributed by atoms with Gasteiger partial charge < -0.3 is 10.2 Å². The van der Waals surface area contributed by atoms with Crippen molar-refractivity contribution in [1.29, 1.82) is 0 Å². The van der Waals surface area contributed by atoms with Crippen LogP contribution < -0.4 is 21.5 Å². The van der Waals surface area contributed by atoms with Crippen molar-refractivity contribution >= 4 is 33.2 Å². The fourth-order valence-electron chi connectivity index (χ4n) is 3.49. The number of thiophene rings is 1. The van der Waals surface area contributed by atoms with Gasteiger partial charge in [0.2, 0.25) is 0 Å². The lowest BCUT2D eigenvalue weighted by Gasteiger charge is -2.18. The van der Waals surface area contributed by atoms with E-state index >= 15 is 0 Å². The van der Waals surface area contributed by atoms with Crippen molar-refractivity contribution in [3.8, 4) is 11.5 Å².